The fourth-order valence-corrected chi connectivity index (χ4v) is 3.21. The normalized spacial score (nSPS) is 23.4. The number of nitrogens with zero attached hydrogens (tertiary/aromatic N) is 2. The van der Waals surface area contributed by atoms with Crippen LogP contribution in [-0.4, -0.2) is 17.1 Å². The van der Waals surface area contributed by atoms with E-state index in [0.29, 0.717) is 23.6 Å². The van der Waals surface area contributed by atoms with Gasteiger partial charge in [-0.25, -0.2) is 9.78 Å². The van der Waals surface area contributed by atoms with Gasteiger partial charge in [0, 0.05) is 18.8 Å². The third-order valence-electron chi connectivity index (χ3n) is 4.40. The molecule has 2 unspecified atom stereocenters. The van der Waals surface area contributed by atoms with E-state index in [1.165, 1.54) is 0 Å². The van der Waals surface area contributed by atoms with E-state index in [1.807, 2.05) is 6.07 Å². The van der Waals surface area contributed by atoms with Crippen molar-refractivity contribution in [2.75, 3.05) is 0 Å². The molecule has 118 valence electrons. The second-order valence-electron chi connectivity index (χ2n) is 6.98. The maximum Gasteiger partial charge on any atom is 0.315 e. The topological polar surface area (TPSA) is 77.8 Å². The van der Waals surface area contributed by atoms with Crippen LogP contribution in [0, 0.1) is 22.7 Å². The molecule has 5 heteroatoms. The molecular formula is C17H24N4O. The number of amides is 2. The second kappa shape index (κ2) is 6.78. The zero-order valence-electron chi connectivity index (χ0n) is 13.5. The van der Waals surface area contributed by atoms with Crippen molar-refractivity contribution < 1.29 is 4.79 Å². The van der Waals surface area contributed by atoms with Crippen molar-refractivity contribution in [1.82, 2.24) is 15.6 Å². The van der Waals surface area contributed by atoms with E-state index >= 15 is 0 Å². The number of carbonyl (C=O) groups is 1. The molecule has 0 bridgehead atoms. The summed E-state index contributed by atoms with van der Waals surface area (Å²) in [5.74, 6) is 0.487. The van der Waals surface area contributed by atoms with Crippen LogP contribution in [0.5, 0.6) is 0 Å². The highest BCUT2D eigenvalue weighted by Gasteiger charge is 2.32. The minimum absolute atomic E-state index is 0.146. The first kappa shape index (κ1) is 16.3. The maximum atomic E-state index is 12.0. The van der Waals surface area contributed by atoms with Crippen molar-refractivity contribution in [3.05, 3.63) is 29.6 Å². The molecule has 0 spiro atoms. The molecule has 2 atom stereocenters. The third-order valence-corrected chi connectivity index (χ3v) is 4.40. The zero-order chi connectivity index (χ0) is 16.2. The molecule has 1 aliphatic carbocycles. The molecule has 0 saturated heterocycles. The lowest BCUT2D eigenvalue weighted by molar-refractivity contribution is 0.149. The molecule has 5 nitrogen and oxygen atoms in total. The van der Waals surface area contributed by atoms with E-state index in [4.69, 9.17) is 5.26 Å². The summed E-state index contributed by atoms with van der Waals surface area (Å²) in [6, 6.07) is 5.57. The van der Waals surface area contributed by atoms with Gasteiger partial charge in [-0.2, -0.15) is 5.26 Å². The number of nitrogens with one attached hydrogen (secondary N) is 2. The van der Waals surface area contributed by atoms with Crippen LogP contribution in [0.25, 0.3) is 0 Å². The SMILES string of the molecule is CC1CC(C)(C)CCC1NC(=O)NCc1ccnc(C#N)c1. The number of urea groups is 1. The van der Waals surface area contributed by atoms with Crippen LogP contribution in [0.2, 0.25) is 0 Å². The average Bonchev–Trinajstić information content (AvgIpc) is 2.48. The van der Waals surface area contributed by atoms with Gasteiger partial charge in [0.2, 0.25) is 0 Å². The van der Waals surface area contributed by atoms with Gasteiger partial charge < -0.3 is 10.6 Å². The molecule has 1 heterocycles. The van der Waals surface area contributed by atoms with Crippen LogP contribution in [0.3, 0.4) is 0 Å². The number of carbonyl (C=O) groups excluding carboxylic acids is 1. The Morgan fingerprint density at radius 2 is 2.32 bits per heavy atom. The molecule has 22 heavy (non-hydrogen) atoms. The van der Waals surface area contributed by atoms with E-state index in [0.717, 1.165) is 24.8 Å². The van der Waals surface area contributed by atoms with Gasteiger partial charge in [-0.3, -0.25) is 0 Å². The Morgan fingerprint density at radius 3 is 3.00 bits per heavy atom. The predicted octanol–water partition coefficient (Wildman–Crippen LogP) is 2.97. The van der Waals surface area contributed by atoms with Crippen molar-refractivity contribution in [3.63, 3.8) is 0 Å². The summed E-state index contributed by atoms with van der Waals surface area (Å²) in [4.78, 5) is 16.0. The van der Waals surface area contributed by atoms with E-state index in [1.54, 1.807) is 18.3 Å². The van der Waals surface area contributed by atoms with Gasteiger partial charge in [-0.1, -0.05) is 20.8 Å². The summed E-state index contributed by atoms with van der Waals surface area (Å²) >= 11 is 0. The zero-order valence-corrected chi connectivity index (χ0v) is 13.5. The van der Waals surface area contributed by atoms with E-state index in [9.17, 15) is 4.79 Å². The number of hydrogen-bond acceptors (Lipinski definition) is 3. The maximum absolute atomic E-state index is 12.0. The van der Waals surface area contributed by atoms with Gasteiger partial charge in [-0.05, 0) is 48.3 Å². The lowest BCUT2D eigenvalue weighted by Crippen LogP contribution is -2.48. The lowest BCUT2D eigenvalue weighted by atomic mass is 9.70. The molecule has 1 fully saturated rings. The number of pyridine rings is 1. The largest absolute Gasteiger partial charge is 0.335 e. The number of nitriles is 1. The molecule has 2 N–H and O–H groups in total. The van der Waals surface area contributed by atoms with Crippen LogP contribution in [-0.2, 0) is 6.54 Å². The smallest absolute Gasteiger partial charge is 0.315 e. The predicted molar refractivity (Wildman–Crippen MR) is 84.9 cm³/mol. The van der Waals surface area contributed by atoms with Crippen molar-refractivity contribution in [2.45, 2.75) is 52.6 Å². The summed E-state index contributed by atoms with van der Waals surface area (Å²) in [5.41, 5.74) is 1.61. The Balaban J connectivity index is 1.82. The minimum atomic E-state index is -0.146. The first-order chi connectivity index (χ1) is 10.4. The Kier molecular flexibility index (Phi) is 5.02. The van der Waals surface area contributed by atoms with E-state index in [2.05, 4.69) is 36.4 Å². The third kappa shape index (κ3) is 4.45. The van der Waals surface area contributed by atoms with Gasteiger partial charge in [0.15, 0.2) is 0 Å². The van der Waals surface area contributed by atoms with Crippen molar-refractivity contribution >= 4 is 6.03 Å². The van der Waals surface area contributed by atoms with Crippen LogP contribution in [0.4, 0.5) is 4.79 Å². The van der Waals surface area contributed by atoms with Crippen molar-refractivity contribution in [3.8, 4) is 6.07 Å². The first-order valence-corrected chi connectivity index (χ1v) is 7.79. The standard InChI is InChI=1S/C17H24N4O/c1-12-9-17(2,3)6-4-15(12)21-16(22)20-11-13-5-7-19-14(8-13)10-18/h5,7-8,12,15H,4,6,9,11H2,1-3H3,(H2,20,21,22). The second-order valence-corrected chi connectivity index (χ2v) is 6.98. The van der Waals surface area contributed by atoms with Crippen LogP contribution in [0.1, 0.15) is 51.3 Å². The van der Waals surface area contributed by atoms with Gasteiger partial charge >= 0.3 is 6.03 Å². The Bertz CT molecular complexity index is 576. The summed E-state index contributed by atoms with van der Waals surface area (Å²) in [6.45, 7) is 7.18. The molecule has 2 rings (SSSR count). The van der Waals surface area contributed by atoms with E-state index in [-0.39, 0.29) is 12.1 Å². The molecule has 0 aromatic carbocycles. The average molecular weight is 300 g/mol. The Labute approximate surface area is 132 Å². The highest BCUT2D eigenvalue weighted by atomic mass is 16.2. The number of rotatable bonds is 3. The number of hydrogen-bond donors (Lipinski definition) is 2. The quantitative estimate of drug-likeness (QED) is 0.901. The summed E-state index contributed by atoms with van der Waals surface area (Å²) in [5, 5.41) is 14.7. The molecule has 0 radical (unpaired) electrons. The van der Waals surface area contributed by atoms with E-state index < -0.39 is 0 Å². The highest BCUT2D eigenvalue weighted by Crippen LogP contribution is 2.38. The molecule has 0 aliphatic heterocycles. The van der Waals surface area contributed by atoms with Crippen LogP contribution >= 0.6 is 0 Å². The molecule has 1 saturated carbocycles. The van der Waals surface area contributed by atoms with Crippen molar-refractivity contribution in [1.29, 1.82) is 5.26 Å². The Morgan fingerprint density at radius 1 is 1.55 bits per heavy atom. The summed E-state index contributed by atoms with van der Waals surface area (Å²) < 4.78 is 0. The summed E-state index contributed by atoms with van der Waals surface area (Å²) in [7, 11) is 0. The molecular weight excluding hydrogens is 276 g/mol. The van der Waals surface area contributed by atoms with Gasteiger partial charge in [0.1, 0.15) is 11.8 Å². The van der Waals surface area contributed by atoms with Gasteiger partial charge in [0.05, 0.1) is 0 Å². The molecule has 1 aliphatic rings. The monoisotopic (exact) mass is 300 g/mol. The fourth-order valence-electron chi connectivity index (χ4n) is 3.21. The van der Waals surface area contributed by atoms with Crippen LogP contribution in [0.15, 0.2) is 18.3 Å². The first-order valence-electron chi connectivity index (χ1n) is 7.79. The van der Waals surface area contributed by atoms with Gasteiger partial charge in [-0.15, -0.1) is 0 Å². The molecule has 2 amide bonds. The minimum Gasteiger partial charge on any atom is -0.335 e. The Hall–Kier alpha value is -2.09. The van der Waals surface area contributed by atoms with Crippen LogP contribution < -0.4 is 10.6 Å². The van der Waals surface area contributed by atoms with Crippen molar-refractivity contribution in [2.24, 2.45) is 11.3 Å². The molecule has 1 aromatic rings. The van der Waals surface area contributed by atoms with Gasteiger partial charge in [0.25, 0.3) is 0 Å². The lowest BCUT2D eigenvalue weighted by Gasteiger charge is -2.39. The number of aromatic nitrogens is 1. The summed E-state index contributed by atoms with van der Waals surface area (Å²) in [6.07, 6.45) is 4.88. The highest BCUT2D eigenvalue weighted by molar-refractivity contribution is 5.74. The molecule has 1 aromatic heterocycles. The fraction of sp³-hybridized carbons (Fsp3) is 0.588.